The monoisotopic (exact) mass is 414 g/mol. The van der Waals surface area contributed by atoms with E-state index in [0.29, 0.717) is 6.54 Å². The number of hydrogen-bond acceptors (Lipinski definition) is 5. The van der Waals surface area contributed by atoms with Gasteiger partial charge in [0.15, 0.2) is 6.10 Å². The van der Waals surface area contributed by atoms with Crippen molar-refractivity contribution in [2.45, 2.75) is 39.8 Å². The number of amides is 3. The predicted molar refractivity (Wildman–Crippen MR) is 99.8 cm³/mol. The molecule has 1 heterocycles. The van der Waals surface area contributed by atoms with E-state index >= 15 is 0 Å². The molecule has 0 bridgehead atoms. The minimum atomic E-state index is -1.21. The minimum Gasteiger partial charge on any atom is -0.451 e. The van der Waals surface area contributed by atoms with Crippen LogP contribution in [0.25, 0.3) is 0 Å². The van der Waals surface area contributed by atoms with Crippen molar-refractivity contribution >= 4 is 46.9 Å². The SMILES string of the molecule is CC(C)CNC(=O)[C@H](C)OC(=O)[C@H](C)N1C(=O)c2cc(Cl)c(Cl)cc2C1=O. The van der Waals surface area contributed by atoms with Gasteiger partial charge in [-0.25, -0.2) is 4.79 Å². The number of hydrogen-bond donors (Lipinski definition) is 1. The normalized spacial score (nSPS) is 15.6. The first-order valence-electron chi connectivity index (χ1n) is 8.39. The van der Waals surface area contributed by atoms with Gasteiger partial charge in [-0.1, -0.05) is 37.0 Å². The molecule has 9 heteroatoms. The smallest absolute Gasteiger partial charge is 0.329 e. The molecule has 0 aliphatic carbocycles. The van der Waals surface area contributed by atoms with Crippen LogP contribution in [0.2, 0.25) is 10.0 Å². The third-order valence-corrected chi connectivity index (χ3v) is 4.76. The van der Waals surface area contributed by atoms with Gasteiger partial charge in [-0.05, 0) is 31.9 Å². The van der Waals surface area contributed by atoms with Crippen molar-refractivity contribution in [3.8, 4) is 0 Å². The molecule has 7 nitrogen and oxygen atoms in total. The highest BCUT2D eigenvalue weighted by Gasteiger charge is 2.42. The number of fused-ring (bicyclic) bond motifs is 1. The highest BCUT2D eigenvalue weighted by molar-refractivity contribution is 6.43. The Hall–Kier alpha value is -2.12. The van der Waals surface area contributed by atoms with Crippen LogP contribution in [0, 0.1) is 5.92 Å². The Balaban J connectivity index is 2.10. The van der Waals surface area contributed by atoms with E-state index in [-0.39, 0.29) is 27.1 Å². The van der Waals surface area contributed by atoms with E-state index in [9.17, 15) is 19.2 Å². The highest BCUT2D eigenvalue weighted by Crippen LogP contribution is 2.32. The molecule has 27 heavy (non-hydrogen) atoms. The molecule has 1 aliphatic heterocycles. The summed E-state index contributed by atoms with van der Waals surface area (Å²) in [7, 11) is 0. The lowest BCUT2D eigenvalue weighted by molar-refractivity contribution is -0.158. The molecule has 3 amide bonds. The number of nitrogens with zero attached hydrogens (tertiary/aromatic N) is 1. The van der Waals surface area contributed by atoms with Crippen LogP contribution in [0.3, 0.4) is 0 Å². The van der Waals surface area contributed by atoms with Gasteiger partial charge in [0, 0.05) is 6.54 Å². The maximum Gasteiger partial charge on any atom is 0.329 e. The first kappa shape index (κ1) is 21.2. The summed E-state index contributed by atoms with van der Waals surface area (Å²) in [5.74, 6) is -2.42. The molecule has 0 unspecified atom stereocenters. The summed E-state index contributed by atoms with van der Waals surface area (Å²) in [6.07, 6.45) is -1.06. The molecule has 1 aromatic rings. The Kier molecular flexibility index (Phi) is 6.49. The molecule has 2 atom stereocenters. The van der Waals surface area contributed by atoms with E-state index in [1.54, 1.807) is 0 Å². The summed E-state index contributed by atoms with van der Waals surface area (Å²) in [5.41, 5.74) is 0.133. The summed E-state index contributed by atoms with van der Waals surface area (Å²) in [4.78, 5) is 50.1. The average Bonchev–Trinajstić information content (AvgIpc) is 2.83. The van der Waals surface area contributed by atoms with Crippen molar-refractivity contribution in [1.29, 1.82) is 0 Å². The predicted octanol–water partition coefficient (Wildman–Crippen LogP) is 2.68. The molecule has 2 rings (SSSR count). The number of carbonyl (C=O) groups is 4. The number of benzene rings is 1. The van der Waals surface area contributed by atoms with Crippen molar-refractivity contribution in [1.82, 2.24) is 10.2 Å². The number of halogens is 2. The number of nitrogens with one attached hydrogen (secondary N) is 1. The van der Waals surface area contributed by atoms with Crippen molar-refractivity contribution in [3.05, 3.63) is 33.3 Å². The van der Waals surface area contributed by atoms with Crippen molar-refractivity contribution in [3.63, 3.8) is 0 Å². The maximum absolute atomic E-state index is 12.5. The van der Waals surface area contributed by atoms with Gasteiger partial charge in [-0.2, -0.15) is 0 Å². The molecular weight excluding hydrogens is 395 g/mol. The van der Waals surface area contributed by atoms with Crippen LogP contribution in [0.4, 0.5) is 0 Å². The quantitative estimate of drug-likeness (QED) is 0.570. The minimum absolute atomic E-state index is 0.0665. The molecule has 1 aromatic carbocycles. The molecule has 0 aromatic heterocycles. The topological polar surface area (TPSA) is 92.8 Å². The molecule has 0 saturated heterocycles. The summed E-state index contributed by atoms with van der Waals surface area (Å²) in [6, 6.07) is 1.37. The second kappa shape index (κ2) is 8.27. The van der Waals surface area contributed by atoms with E-state index in [4.69, 9.17) is 27.9 Å². The molecule has 146 valence electrons. The van der Waals surface area contributed by atoms with Gasteiger partial charge in [0.25, 0.3) is 17.7 Å². The van der Waals surface area contributed by atoms with Crippen molar-refractivity contribution < 1.29 is 23.9 Å². The zero-order chi connectivity index (χ0) is 20.5. The molecule has 0 fully saturated rings. The Labute approximate surface area is 166 Å². The molecular formula is C18H20Cl2N2O5. The second-order valence-corrected chi connectivity index (χ2v) is 7.50. The van der Waals surface area contributed by atoms with E-state index in [1.165, 1.54) is 26.0 Å². The van der Waals surface area contributed by atoms with Crippen LogP contribution in [0.15, 0.2) is 12.1 Å². The van der Waals surface area contributed by atoms with E-state index < -0.39 is 35.8 Å². The van der Waals surface area contributed by atoms with Gasteiger partial charge in [-0.3, -0.25) is 19.3 Å². The van der Waals surface area contributed by atoms with E-state index in [2.05, 4.69) is 5.32 Å². The van der Waals surface area contributed by atoms with Crippen LogP contribution in [-0.4, -0.2) is 47.3 Å². The fourth-order valence-corrected chi connectivity index (χ4v) is 2.81. The van der Waals surface area contributed by atoms with Crippen molar-refractivity contribution in [2.24, 2.45) is 5.92 Å². The number of ether oxygens (including phenoxy) is 1. The largest absolute Gasteiger partial charge is 0.451 e. The lowest BCUT2D eigenvalue weighted by atomic mass is 10.1. The van der Waals surface area contributed by atoms with Gasteiger partial charge in [0.2, 0.25) is 0 Å². The Morgan fingerprint density at radius 3 is 1.96 bits per heavy atom. The summed E-state index contributed by atoms with van der Waals surface area (Å²) >= 11 is 11.8. The van der Waals surface area contributed by atoms with Crippen LogP contribution in [-0.2, 0) is 14.3 Å². The van der Waals surface area contributed by atoms with Gasteiger partial charge < -0.3 is 10.1 Å². The summed E-state index contributed by atoms with van der Waals surface area (Å²) in [5, 5.41) is 2.90. The summed E-state index contributed by atoms with van der Waals surface area (Å²) < 4.78 is 5.11. The van der Waals surface area contributed by atoms with E-state index in [0.717, 1.165) is 4.90 Å². The standard InChI is InChI=1S/C18H20Cl2N2O5/c1-8(2)7-21-15(23)10(4)27-18(26)9(3)22-16(24)11-5-13(19)14(20)6-12(11)17(22)25/h5-6,8-10H,7H2,1-4H3,(H,21,23)/t9-,10-/m0/s1. The van der Waals surface area contributed by atoms with Gasteiger partial charge in [0.05, 0.1) is 21.2 Å². The molecule has 0 spiro atoms. The molecule has 1 N–H and O–H groups in total. The van der Waals surface area contributed by atoms with Crippen LogP contribution in [0.5, 0.6) is 0 Å². The zero-order valence-corrected chi connectivity index (χ0v) is 16.9. The number of imide groups is 1. The highest BCUT2D eigenvalue weighted by atomic mass is 35.5. The average molecular weight is 415 g/mol. The second-order valence-electron chi connectivity index (χ2n) is 6.69. The van der Waals surface area contributed by atoms with Crippen molar-refractivity contribution in [2.75, 3.05) is 6.54 Å². The van der Waals surface area contributed by atoms with Crippen LogP contribution < -0.4 is 5.32 Å². The van der Waals surface area contributed by atoms with Crippen LogP contribution >= 0.6 is 23.2 Å². The molecule has 0 radical (unpaired) electrons. The third kappa shape index (κ3) is 4.42. The molecule has 0 saturated carbocycles. The van der Waals surface area contributed by atoms with Crippen LogP contribution in [0.1, 0.15) is 48.4 Å². The summed E-state index contributed by atoms with van der Waals surface area (Å²) in [6.45, 7) is 7.07. The Bertz CT molecular complexity index is 768. The van der Waals surface area contributed by atoms with E-state index in [1.807, 2.05) is 13.8 Å². The zero-order valence-electron chi connectivity index (χ0n) is 15.3. The number of esters is 1. The van der Waals surface area contributed by atoms with Gasteiger partial charge >= 0.3 is 5.97 Å². The lowest BCUT2D eigenvalue weighted by Gasteiger charge is -2.23. The first-order chi connectivity index (χ1) is 12.5. The fourth-order valence-electron chi connectivity index (χ4n) is 2.48. The lowest BCUT2D eigenvalue weighted by Crippen LogP contribution is -2.46. The number of rotatable bonds is 6. The Morgan fingerprint density at radius 2 is 1.52 bits per heavy atom. The van der Waals surface area contributed by atoms with Gasteiger partial charge in [-0.15, -0.1) is 0 Å². The molecule has 1 aliphatic rings. The Morgan fingerprint density at radius 1 is 1.04 bits per heavy atom. The maximum atomic E-state index is 12.5. The van der Waals surface area contributed by atoms with Gasteiger partial charge in [0.1, 0.15) is 6.04 Å². The third-order valence-electron chi connectivity index (χ3n) is 4.03. The first-order valence-corrected chi connectivity index (χ1v) is 9.15. The number of carbonyl (C=O) groups excluding carboxylic acids is 4. The fraction of sp³-hybridized carbons (Fsp3) is 0.444.